The molecule has 0 bridgehead atoms. The molecule has 5 nitrogen and oxygen atoms in total. The first-order chi connectivity index (χ1) is 9.53. The van der Waals surface area contributed by atoms with Gasteiger partial charge in [-0.1, -0.05) is 19.1 Å². The normalized spacial score (nSPS) is 11.4. The van der Waals surface area contributed by atoms with Gasteiger partial charge in [0, 0.05) is 17.4 Å². The third-order valence-electron chi connectivity index (χ3n) is 2.71. The van der Waals surface area contributed by atoms with Gasteiger partial charge in [0.25, 0.3) is 0 Å². The third kappa shape index (κ3) is 3.50. The molecule has 0 saturated heterocycles. The van der Waals surface area contributed by atoms with Crippen LogP contribution in [-0.2, 0) is 16.6 Å². The summed E-state index contributed by atoms with van der Waals surface area (Å²) in [6.45, 7) is 1.88. The fourth-order valence-electron chi connectivity index (χ4n) is 1.62. The highest BCUT2D eigenvalue weighted by atomic mass is 32.2. The summed E-state index contributed by atoms with van der Waals surface area (Å²) in [5.41, 5.74) is 2.72. The van der Waals surface area contributed by atoms with Gasteiger partial charge in [-0.2, -0.15) is 0 Å². The van der Waals surface area contributed by atoms with E-state index in [1.807, 2.05) is 0 Å². The largest absolute Gasteiger partial charge is 0.294 e. The Balaban J connectivity index is 2.18. The monoisotopic (exact) mass is 310 g/mol. The standard InChI is InChI=1S/C13H14N2O3S2/c1-2-13(16)10-4-3-5-12(6-10)20(17,18)15-7-11-8-19-9-14-11/h3-6,8-9,15H,2,7H2,1H3. The van der Waals surface area contributed by atoms with E-state index in [0.717, 1.165) is 0 Å². The van der Waals surface area contributed by atoms with Crippen LogP contribution in [0.25, 0.3) is 0 Å². The second kappa shape index (κ2) is 6.25. The Hall–Kier alpha value is -1.57. The minimum absolute atomic E-state index is 0.0819. The number of nitrogens with one attached hydrogen (secondary N) is 1. The number of hydrogen-bond donors (Lipinski definition) is 1. The Kier molecular flexibility index (Phi) is 4.64. The lowest BCUT2D eigenvalue weighted by atomic mass is 10.1. The summed E-state index contributed by atoms with van der Waals surface area (Å²) in [4.78, 5) is 15.7. The number of carbonyl (C=O) groups is 1. The average Bonchev–Trinajstić information content (AvgIpc) is 2.98. The van der Waals surface area contributed by atoms with Gasteiger partial charge in [0.2, 0.25) is 10.0 Å². The molecule has 1 heterocycles. The van der Waals surface area contributed by atoms with E-state index in [1.54, 1.807) is 29.9 Å². The molecule has 0 fully saturated rings. The van der Waals surface area contributed by atoms with E-state index in [2.05, 4.69) is 9.71 Å². The smallest absolute Gasteiger partial charge is 0.240 e. The van der Waals surface area contributed by atoms with Gasteiger partial charge in [-0.15, -0.1) is 11.3 Å². The van der Waals surface area contributed by atoms with Gasteiger partial charge >= 0.3 is 0 Å². The molecule has 2 rings (SSSR count). The molecule has 0 aliphatic rings. The van der Waals surface area contributed by atoms with Crippen molar-refractivity contribution in [1.29, 1.82) is 0 Å². The van der Waals surface area contributed by atoms with Crippen LogP contribution < -0.4 is 4.72 Å². The lowest BCUT2D eigenvalue weighted by Gasteiger charge is -2.06. The molecule has 0 amide bonds. The van der Waals surface area contributed by atoms with Crippen LogP contribution in [0.15, 0.2) is 40.1 Å². The van der Waals surface area contributed by atoms with Gasteiger partial charge in [-0.05, 0) is 12.1 Å². The molecule has 1 aromatic carbocycles. The van der Waals surface area contributed by atoms with Gasteiger partial charge < -0.3 is 0 Å². The quantitative estimate of drug-likeness (QED) is 0.830. The van der Waals surface area contributed by atoms with Crippen LogP contribution in [0.1, 0.15) is 29.4 Å². The number of Topliss-reactive ketones (excluding diaryl/α,β-unsaturated/α-hetero) is 1. The fraction of sp³-hybridized carbons (Fsp3) is 0.231. The van der Waals surface area contributed by atoms with E-state index in [9.17, 15) is 13.2 Å². The maximum atomic E-state index is 12.1. The van der Waals surface area contributed by atoms with Gasteiger partial charge in [0.1, 0.15) is 0 Å². The lowest BCUT2D eigenvalue weighted by Crippen LogP contribution is -2.23. The second-order valence-electron chi connectivity index (χ2n) is 4.11. The van der Waals surface area contributed by atoms with Crippen molar-refractivity contribution in [1.82, 2.24) is 9.71 Å². The summed E-state index contributed by atoms with van der Waals surface area (Å²) in [5.74, 6) is -0.0819. The molecule has 1 N–H and O–H groups in total. The highest BCUT2D eigenvalue weighted by molar-refractivity contribution is 7.89. The summed E-state index contributed by atoms with van der Waals surface area (Å²) in [6, 6.07) is 6.05. The molecule has 7 heteroatoms. The topological polar surface area (TPSA) is 76.1 Å². The Labute approximate surface area is 121 Å². The fourth-order valence-corrected chi connectivity index (χ4v) is 3.22. The van der Waals surface area contributed by atoms with E-state index in [1.165, 1.54) is 23.5 Å². The summed E-state index contributed by atoms with van der Waals surface area (Å²) in [7, 11) is -3.64. The summed E-state index contributed by atoms with van der Waals surface area (Å²) in [6.07, 6.45) is 0.343. The number of sulfonamides is 1. The van der Waals surface area contributed by atoms with Crippen molar-refractivity contribution in [2.75, 3.05) is 0 Å². The van der Waals surface area contributed by atoms with Crippen LogP contribution in [0.2, 0.25) is 0 Å². The van der Waals surface area contributed by atoms with Crippen LogP contribution in [0.3, 0.4) is 0 Å². The van der Waals surface area contributed by atoms with Crippen LogP contribution in [0, 0.1) is 0 Å². The Morgan fingerprint density at radius 1 is 1.40 bits per heavy atom. The number of thiazole rings is 1. The van der Waals surface area contributed by atoms with Crippen LogP contribution in [0.4, 0.5) is 0 Å². The van der Waals surface area contributed by atoms with Crippen molar-refractivity contribution in [2.45, 2.75) is 24.8 Å². The van der Waals surface area contributed by atoms with Crippen molar-refractivity contribution in [3.63, 3.8) is 0 Å². The zero-order valence-electron chi connectivity index (χ0n) is 10.9. The van der Waals surface area contributed by atoms with Crippen molar-refractivity contribution in [3.05, 3.63) is 46.4 Å². The molecule has 0 spiro atoms. The first kappa shape index (κ1) is 14.8. The number of ketones is 1. The van der Waals surface area contributed by atoms with E-state index in [4.69, 9.17) is 0 Å². The molecule has 0 atom stereocenters. The van der Waals surface area contributed by atoms with E-state index in [-0.39, 0.29) is 17.2 Å². The maximum absolute atomic E-state index is 12.1. The first-order valence-electron chi connectivity index (χ1n) is 6.03. The number of hydrogen-bond acceptors (Lipinski definition) is 5. The zero-order chi connectivity index (χ0) is 14.6. The van der Waals surface area contributed by atoms with Crippen LogP contribution in [0.5, 0.6) is 0 Å². The predicted molar refractivity (Wildman–Crippen MR) is 77.2 cm³/mol. The molecular weight excluding hydrogens is 296 g/mol. The van der Waals surface area contributed by atoms with Crippen molar-refractivity contribution >= 4 is 27.1 Å². The van der Waals surface area contributed by atoms with Crippen molar-refractivity contribution < 1.29 is 13.2 Å². The molecule has 106 valence electrons. The second-order valence-corrected chi connectivity index (χ2v) is 6.59. The van der Waals surface area contributed by atoms with Gasteiger partial charge in [0.05, 0.1) is 22.6 Å². The molecule has 0 aliphatic heterocycles. The van der Waals surface area contributed by atoms with E-state index < -0.39 is 10.0 Å². The number of benzene rings is 1. The van der Waals surface area contributed by atoms with Gasteiger partial charge in [-0.3, -0.25) is 4.79 Å². The van der Waals surface area contributed by atoms with Crippen molar-refractivity contribution in [3.8, 4) is 0 Å². The molecule has 2 aromatic rings. The summed E-state index contributed by atoms with van der Waals surface area (Å²) < 4.78 is 26.8. The van der Waals surface area contributed by atoms with E-state index in [0.29, 0.717) is 17.7 Å². The molecule has 0 saturated carbocycles. The maximum Gasteiger partial charge on any atom is 0.240 e. The predicted octanol–water partition coefficient (Wildman–Crippen LogP) is 2.21. The molecule has 20 heavy (non-hydrogen) atoms. The number of nitrogens with zero attached hydrogens (tertiary/aromatic N) is 1. The van der Waals surface area contributed by atoms with Crippen molar-refractivity contribution in [2.24, 2.45) is 0 Å². The van der Waals surface area contributed by atoms with E-state index >= 15 is 0 Å². The minimum Gasteiger partial charge on any atom is -0.294 e. The molecule has 0 unspecified atom stereocenters. The Bertz CT molecular complexity index is 694. The van der Waals surface area contributed by atoms with Crippen LogP contribution >= 0.6 is 11.3 Å². The molecular formula is C13H14N2O3S2. The highest BCUT2D eigenvalue weighted by Gasteiger charge is 2.15. The average molecular weight is 310 g/mol. The molecule has 0 aliphatic carbocycles. The Morgan fingerprint density at radius 3 is 2.85 bits per heavy atom. The first-order valence-corrected chi connectivity index (χ1v) is 8.45. The molecule has 1 aromatic heterocycles. The highest BCUT2D eigenvalue weighted by Crippen LogP contribution is 2.13. The summed E-state index contributed by atoms with van der Waals surface area (Å²) in [5, 5.41) is 1.78. The number of aromatic nitrogens is 1. The number of carbonyl (C=O) groups excluding carboxylic acids is 1. The summed E-state index contributed by atoms with van der Waals surface area (Å²) >= 11 is 1.40. The van der Waals surface area contributed by atoms with Gasteiger partial charge in [0.15, 0.2) is 5.78 Å². The lowest BCUT2D eigenvalue weighted by molar-refractivity contribution is 0.0988. The Morgan fingerprint density at radius 2 is 2.20 bits per heavy atom. The zero-order valence-corrected chi connectivity index (χ0v) is 12.5. The SMILES string of the molecule is CCC(=O)c1cccc(S(=O)(=O)NCc2cscn2)c1. The number of rotatable bonds is 6. The minimum atomic E-state index is -3.64. The third-order valence-corrected chi connectivity index (χ3v) is 4.75. The molecule has 0 radical (unpaired) electrons. The van der Waals surface area contributed by atoms with Gasteiger partial charge in [-0.25, -0.2) is 18.1 Å². The van der Waals surface area contributed by atoms with Crippen LogP contribution in [-0.4, -0.2) is 19.2 Å².